The number of unbranched alkanes of at least 4 members (excludes halogenated alkanes) is 1. The Hall–Kier alpha value is 1.54. The zero-order chi connectivity index (χ0) is 24.7. The molecule has 2 saturated heterocycles. The third-order valence-corrected chi connectivity index (χ3v) is 17.4. The van der Waals surface area contributed by atoms with Gasteiger partial charge in [0.2, 0.25) is 0 Å². The van der Waals surface area contributed by atoms with E-state index < -0.39 is 6.17 Å². The van der Waals surface area contributed by atoms with Gasteiger partial charge in [0.1, 0.15) is 0 Å². The number of halogens is 4. The Labute approximate surface area is 247 Å². The average molecular weight is 828 g/mol. The first-order chi connectivity index (χ1) is 16.9. The Bertz CT molecular complexity index is 712. The fourth-order valence-electron chi connectivity index (χ4n) is 6.73. The maximum absolute atomic E-state index is 14.9. The summed E-state index contributed by atoms with van der Waals surface area (Å²) in [5.41, 5.74) is 0.417. The van der Waals surface area contributed by atoms with Gasteiger partial charge in [0.15, 0.2) is 0 Å². The molecule has 0 amide bonds. The summed E-state index contributed by atoms with van der Waals surface area (Å²) in [5, 5.41) is 0. The minimum atomic E-state index is -0.635. The van der Waals surface area contributed by atoms with Crippen molar-refractivity contribution in [1.29, 1.82) is 0 Å². The van der Waals surface area contributed by atoms with Crippen molar-refractivity contribution in [1.82, 2.24) is 9.80 Å². The van der Waals surface area contributed by atoms with Gasteiger partial charge in [-0.05, 0) is 47.4 Å². The SMILES string of the molecule is CC1(CCCI)COC[C@@H]1C1CCC(N2CCN(CCCC[C@H](F)[C@]3(C)I=NC=C[I-]3)CC2)CC1. The molecule has 0 aromatic rings. The van der Waals surface area contributed by atoms with Crippen LogP contribution in [-0.2, 0) is 4.74 Å². The predicted octanol–water partition coefficient (Wildman–Crippen LogP) is 3.98. The molecule has 0 bridgehead atoms. The molecule has 3 heterocycles. The Balaban J connectivity index is 1.11. The van der Waals surface area contributed by atoms with Crippen LogP contribution in [0, 0.1) is 17.3 Å². The van der Waals surface area contributed by atoms with Crippen molar-refractivity contribution in [3.8, 4) is 0 Å². The van der Waals surface area contributed by atoms with Crippen molar-refractivity contribution in [2.45, 2.75) is 85.3 Å². The number of nitrogens with zero attached hydrogens (tertiary/aromatic N) is 3. The molecule has 0 N–H and O–H groups in total. The molecule has 0 aromatic heterocycles. The van der Waals surface area contributed by atoms with Crippen LogP contribution >= 0.6 is 43.6 Å². The van der Waals surface area contributed by atoms with Crippen molar-refractivity contribution in [2.24, 2.45) is 20.4 Å². The van der Waals surface area contributed by atoms with Crippen LogP contribution in [0.2, 0.25) is 0 Å². The van der Waals surface area contributed by atoms with Gasteiger partial charge in [-0.3, -0.25) is 0 Å². The van der Waals surface area contributed by atoms with Gasteiger partial charge in [0.05, 0.1) is 13.2 Å². The fourth-order valence-corrected chi connectivity index (χ4v) is 13.4. The van der Waals surface area contributed by atoms with Gasteiger partial charge >= 0.3 is 155 Å². The topological polar surface area (TPSA) is 28.1 Å². The maximum atomic E-state index is 14.9. The van der Waals surface area contributed by atoms with Gasteiger partial charge < -0.3 is 4.74 Å². The zero-order valence-electron chi connectivity index (χ0n) is 21.7. The summed E-state index contributed by atoms with van der Waals surface area (Å²) >= 11 is 2.02. The molecule has 0 spiro atoms. The van der Waals surface area contributed by atoms with Crippen LogP contribution in [0.3, 0.4) is 0 Å². The molecule has 0 aromatic carbocycles. The van der Waals surface area contributed by atoms with Gasteiger partial charge in [-0.25, -0.2) is 0 Å². The molecule has 3 aliphatic heterocycles. The summed E-state index contributed by atoms with van der Waals surface area (Å²) in [7, 11) is 0. The molecule has 4 rings (SSSR count). The summed E-state index contributed by atoms with van der Waals surface area (Å²) in [5.74, 6) is 1.65. The molecule has 3 fully saturated rings. The minimum Gasteiger partial charge on any atom is -0.0486 e. The van der Waals surface area contributed by atoms with E-state index in [4.69, 9.17) is 4.74 Å². The van der Waals surface area contributed by atoms with Crippen LogP contribution in [0.15, 0.2) is 13.4 Å². The standard InChI is InChI=1S/C27H46FI3N3O/c1-26(11-5-12-29)21-35-20-24(26)22-7-9-23(10-8-22)34-18-16-33(17-19-34)15-4-3-6-25(28)27(2)30-13-14-32-31-27/h13-14,22-25H,3-12,15-21H2,1-2H3/q-1/t22?,23?,24-,25+,26?,27+/m1/s1. The van der Waals surface area contributed by atoms with Gasteiger partial charge in [-0.1, -0.05) is 29.5 Å². The smallest absolute Gasteiger partial charge is 0.0486 e. The van der Waals surface area contributed by atoms with Gasteiger partial charge in [-0.15, -0.1) is 0 Å². The summed E-state index contributed by atoms with van der Waals surface area (Å²) < 4.78 is 28.7. The van der Waals surface area contributed by atoms with E-state index in [1.165, 1.54) is 69.1 Å². The third kappa shape index (κ3) is 8.03. The second-order valence-electron chi connectivity index (χ2n) is 11.5. The number of hydrogen-bond donors (Lipinski definition) is 0. The van der Waals surface area contributed by atoms with Gasteiger partial charge in [-0.2, -0.15) is 0 Å². The summed E-state index contributed by atoms with van der Waals surface area (Å²) in [4.78, 5) is 5.42. The fraction of sp³-hybridized carbons (Fsp3) is 0.926. The van der Waals surface area contributed by atoms with E-state index >= 15 is 0 Å². The zero-order valence-corrected chi connectivity index (χ0v) is 28.2. The molecule has 35 heavy (non-hydrogen) atoms. The number of piperazine rings is 1. The summed E-state index contributed by atoms with van der Waals surface area (Å²) in [6.07, 6.45) is 12.4. The number of hydrogen-bond acceptors (Lipinski definition) is 4. The molecule has 4 aliphatic rings. The Morgan fingerprint density at radius 2 is 1.91 bits per heavy atom. The van der Waals surface area contributed by atoms with Crippen LogP contribution in [-0.4, -0.2) is 73.8 Å². The molecule has 1 aliphatic carbocycles. The molecule has 8 heteroatoms. The Kier molecular flexibility index (Phi) is 12.0. The van der Waals surface area contributed by atoms with Crippen molar-refractivity contribution < 1.29 is 30.3 Å². The van der Waals surface area contributed by atoms with Gasteiger partial charge in [0.25, 0.3) is 0 Å². The average Bonchev–Trinajstić information content (AvgIpc) is 3.27. The Morgan fingerprint density at radius 3 is 2.60 bits per heavy atom. The van der Waals surface area contributed by atoms with Crippen LogP contribution in [0.5, 0.6) is 0 Å². The first kappa shape index (κ1) is 29.5. The van der Waals surface area contributed by atoms with E-state index in [9.17, 15) is 4.39 Å². The van der Waals surface area contributed by atoms with Crippen LogP contribution in [0.25, 0.3) is 0 Å². The number of rotatable bonds is 11. The number of alkyl halides is 4. The van der Waals surface area contributed by atoms with E-state index in [1.54, 1.807) is 0 Å². The quantitative estimate of drug-likeness (QED) is 0.180. The predicted molar refractivity (Wildman–Crippen MR) is 157 cm³/mol. The summed E-state index contributed by atoms with van der Waals surface area (Å²) in [6, 6.07) is 0.797. The summed E-state index contributed by atoms with van der Waals surface area (Å²) in [6.45, 7) is 12.6. The first-order valence-corrected chi connectivity index (χ1v) is 19.7. The molecule has 204 valence electrons. The molecular formula is C27H46FI3N3O-. The second-order valence-corrected chi connectivity index (χ2v) is 21.5. The number of ether oxygens (including phenoxy) is 1. The monoisotopic (exact) mass is 828 g/mol. The van der Waals surface area contributed by atoms with E-state index in [2.05, 4.69) is 53.5 Å². The third-order valence-electron chi connectivity index (χ3n) is 9.07. The molecule has 4 atom stereocenters. The molecule has 4 nitrogen and oxygen atoms in total. The van der Waals surface area contributed by atoms with E-state index in [0.717, 1.165) is 56.9 Å². The normalized spacial score (nSPS) is 38.1. The molecule has 1 unspecified atom stereocenters. The molecular weight excluding hydrogens is 782 g/mol. The van der Waals surface area contributed by atoms with Crippen LogP contribution in [0.1, 0.15) is 71.6 Å². The second kappa shape index (κ2) is 14.3. The van der Waals surface area contributed by atoms with Crippen molar-refractivity contribution in [2.75, 3.05) is 50.4 Å². The van der Waals surface area contributed by atoms with E-state index in [-0.39, 0.29) is 43.7 Å². The van der Waals surface area contributed by atoms with E-state index in [0.29, 0.717) is 5.41 Å². The minimum absolute atomic E-state index is 0.0598. The van der Waals surface area contributed by atoms with Crippen molar-refractivity contribution in [3.63, 3.8) is 0 Å². The van der Waals surface area contributed by atoms with Crippen LogP contribution < -0.4 is 21.2 Å². The molecule has 0 radical (unpaired) electrons. The van der Waals surface area contributed by atoms with Gasteiger partial charge in [0, 0.05) is 0 Å². The van der Waals surface area contributed by atoms with Crippen molar-refractivity contribution >= 4 is 43.6 Å². The first-order valence-electron chi connectivity index (χ1n) is 13.8. The molecule has 1 saturated carbocycles. The Morgan fingerprint density at radius 1 is 1.14 bits per heavy atom. The van der Waals surface area contributed by atoms with Crippen molar-refractivity contribution in [3.05, 3.63) is 10.3 Å². The van der Waals surface area contributed by atoms with Crippen LogP contribution in [0.4, 0.5) is 4.39 Å². The van der Waals surface area contributed by atoms with E-state index in [1.807, 2.05) is 6.20 Å².